The third-order valence-corrected chi connectivity index (χ3v) is 3.33. The molecular weight excluding hydrogens is 310 g/mol. The Balaban J connectivity index is 1.95. The van der Waals surface area contributed by atoms with E-state index in [0.717, 1.165) is 11.3 Å². The van der Waals surface area contributed by atoms with E-state index in [-0.39, 0.29) is 11.3 Å². The number of nitrogens with zero attached hydrogens (tertiary/aromatic N) is 1. The number of carboxylic acid groups (broad SMARTS) is 1. The summed E-state index contributed by atoms with van der Waals surface area (Å²) in [6, 6.07) is 8.65. The fourth-order valence-corrected chi connectivity index (χ4v) is 1.99. The van der Waals surface area contributed by atoms with Crippen molar-refractivity contribution in [2.24, 2.45) is 0 Å². The number of carbonyl (C=O) groups excluding carboxylic acids is 1. The number of carboxylic acids is 1. The molecule has 0 bridgehead atoms. The fraction of sp³-hybridized carbons (Fsp3) is 0.353. The molecule has 0 fully saturated rings. The standard InChI is InChI=1S/C17H21N3O4/c1-17(2,3)14-8-13(19-20-14)16(23)18-9-11-5-4-6-12(7-11)24-10-15(21)22/h4-8H,9-10H2,1-3H3,(H,18,23)(H,19,20)(H,21,22). The van der Waals surface area contributed by atoms with Crippen molar-refractivity contribution in [1.29, 1.82) is 0 Å². The predicted molar refractivity (Wildman–Crippen MR) is 88.0 cm³/mol. The van der Waals surface area contributed by atoms with Gasteiger partial charge in [0.2, 0.25) is 0 Å². The van der Waals surface area contributed by atoms with Crippen molar-refractivity contribution in [3.8, 4) is 5.75 Å². The van der Waals surface area contributed by atoms with Crippen molar-refractivity contribution in [3.05, 3.63) is 47.3 Å². The SMILES string of the molecule is CC(C)(C)c1cc(C(=O)NCc2cccc(OCC(=O)O)c2)n[nH]1. The van der Waals surface area contributed by atoms with Gasteiger partial charge < -0.3 is 15.2 Å². The fourth-order valence-electron chi connectivity index (χ4n) is 1.99. The molecule has 0 aliphatic heterocycles. The average Bonchev–Trinajstić information content (AvgIpc) is 3.01. The molecule has 0 aliphatic rings. The van der Waals surface area contributed by atoms with Gasteiger partial charge in [0.1, 0.15) is 11.4 Å². The Kier molecular flexibility index (Phi) is 5.23. The lowest BCUT2D eigenvalue weighted by Gasteiger charge is -2.14. The largest absolute Gasteiger partial charge is 0.482 e. The van der Waals surface area contributed by atoms with Gasteiger partial charge in [0, 0.05) is 17.7 Å². The quantitative estimate of drug-likeness (QED) is 0.752. The second kappa shape index (κ2) is 7.16. The molecule has 7 heteroatoms. The Bertz CT molecular complexity index is 731. The molecule has 0 unspecified atom stereocenters. The number of nitrogens with one attached hydrogen (secondary N) is 2. The first-order valence-corrected chi connectivity index (χ1v) is 7.53. The molecule has 1 aromatic carbocycles. The zero-order valence-corrected chi connectivity index (χ0v) is 13.9. The zero-order valence-electron chi connectivity index (χ0n) is 13.9. The maximum absolute atomic E-state index is 12.2. The number of aliphatic carboxylic acids is 1. The van der Waals surface area contributed by atoms with Crippen LogP contribution in [0, 0.1) is 0 Å². The van der Waals surface area contributed by atoms with E-state index in [0.29, 0.717) is 18.0 Å². The van der Waals surface area contributed by atoms with Gasteiger partial charge >= 0.3 is 5.97 Å². The molecule has 0 atom stereocenters. The van der Waals surface area contributed by atoms with E-state index in [4.69, 9.17) is 9.84 Å². The van der Waals surface area contributed by atoms with Crippen molar-refractivity contribution in [1.82, 2.24) is 15.5 Å². The normalized spacial score (nSPS) is 11.1. The highest BCUT2D eigenvalue weighted by molar-refractivity contribution is 5.92. The summed E-state index contributed by atoms with van der Waals surface area (Å²) in [5, 5.41) is 18.3. The van der Waals surface area contributed by atoms with Gasteiger partial charge in [0.05, 0.1) is 0 Å². The smallest absolute Gasteiger partial charge is 0.341 e. The lowest BCUT2D eigenvalue weighted by atomic mass is 9.92. The minimum Gasteiger partial charge on any atom is -0.482 e. The molecule has 1 heterocycles. The van der Waals surface area contributed by atoms with E-state index in [1.165, 1.54) is 0 Å². The first kappa shape index (κ1) is 17.5. The van der Waals surface area contributed by atoms with Crippen LogP contribution in [0.1, 0.15) is 42.5 Å². The van der Waals surface area contributed by atoms with E-state index in [1.807, 2.05) is 26.8 Å². The Hall–Kier alpha value is -2.83. The van der Waals surface area contributed by atoms with Crippen LogP contribution < -0.4 is 10.1 Å². The van der Waals surface area contributed by atoms with Crippen molar-refractivity contribution in [3.63, 3.8) is 0 Å². The summed E-state index contributed by atoms with van der Waals surface area (Å²) < 4.78 is 5.11. The topological polar surface area (TPSA) is 104 Å². The van der Waals surface area contributed by atoms with Crippen LogP contribution in [0.3, 0.4) is 0 Å². The second-order valence-electron chi connectivity index (χ2n) is 6.43. The summed E-state index contributed by atoms with van der Waals surface area (Å²) in [5.74, 6) is -0.876. The lowest BCUT2D eigenvalue weighted by Crippen LogP contribution is -2.23. The number of aromatic amines is 1. The van der Waals surface area contributed by atoms with Crippen LogP contribution >= 0.6 is 0 Å². The van der Waals surface area contributed by atoms with Crippen LogP contribution in [0.25, 0.3) is 0 Å². The zero-order chi connectivity index (χ0) is 17.7. The van der Waals surface area contributed by atoms with Gasteiger partial charge in [0.15, 0.2) is 6.61 Å². The Morgan fingerprint density at radius 1 is 1.29 bits per heavy atom. The van der Waals surface area contributed by atoms with Gasteiger partial charge in [-0.05, 0) is 23.8 Å². The van der Waals surface area contributed by atoms with Crippen molar-refractivity contribution in [2.75, 3.05) is 6.61 Å². The molecule has 1 amide bonds. The molecule has 128 valence electrons. The van der Waals surface area contributed by atoms with Gasteiger partial charge in [-0.15, -0.1) is 0 Å². The maximum atomic E-state index is 12.2. The van der Waals surface area contributed by atoms with E-state index in [9.17, 15) is 9.59 Å². The number of H-pyrrole nitrogens is 1. The highest BCUT2D eigenvalue weighted by Gasteiger charge is 2.19. The predicted octanol–water partition coefficient (Wildman–Crippen LogP) is 2.10. The third-order valence-electron chi connectivity index (χ3n) is 3.33. The summed E-state index contributed by atoms with van der Waals surface area (Å²) in [7, 11) is 0. The van der Waals surface area contributed by atoms with Crippen LogP contribution in [-0.4, -0.2) is 33.8 Å². The van der Waals surface area contributed by atoms with Crippen molar-refractivity contribution < 1.29 is 19.4 Å². The minimum atomic E-state index is -1.04. The summed E-state index contributed by atoms with van der Waals surface area (Å²) in [6.45, 7) is 5.99. The number of amides is 1. The van der Waals surface area contributed by atoms with E-state index in [2.05, 4.69) is 15.5 Å². The second-order valence-corrected chi connectivity index (χ2v) is 6.43. The summed E-state index contributed by atoms with van der Waals surface area (Å²) in [4.78, 5) is 22.7. The Morgan fingerprint density at radius 2 is 2.04 bits per heavy atom. The molecule has 0 saturated heterocycles. The Morgan fingerprint density at radius 3 is 2.67 bits per heavy atom. The molecule has 24 heavy (non-hydrogen) atoms. The summed E-state index contributed by atoms with van der Waals surface area (Å²) in [6.07, 6.45) is 0. The van der Waals surface area contributed by atoms with Crippen LogP contribution in [0.5, 0.6) is 5.75 Å². The van der Waals surface area contributed by atoms with Gasteiger partial charge in [-0.1, -0.05) is 32.9 Å². The number of hydrogen-bond acceptors (Lipinski definition) is 4. The number of aromatic nitrogens is 2. The number of carbonyl (C=O) groups is 2. The molecule has 1 aromatic heterocycles. The number of rotatable bonds is 6. The van der Waals surface area contributed by atoms with Crippen LogP contribution in [0.2, 0.25) is 0 Å². The minimum absolute atomic E-state index is 0.110. The molecule has 7 nitrogen and oxygen atoms in total. The van der Waals surface area contributed by atoms with Gasteiger partial charge in [-0.2, -0.15) is 5.10 Å². The van der Waals surface area contributed by atoms with Crippen LogP contribution in [0.4, 0.5) is 0 Å². The van der Waals surface area contributed by atoms with Gasteiger partial charge in [-0.3, -0.25) is 9.89 Å². The molecule has 2 aromatic rings. The Labute approximate surface area is 140 Å². The first-order chi connectivity index (χ1) is 11.3. The average molecular weight is 331 g/mol. The van der Waals surface area contributed by atoms with Gasteiger partial charge in [0.25, 0.3) is 5.91 Å². The number of ether oxygens (including phenoxy) is 1. The number of benzene rings is 1. The molecule has 0 saturated carbocycles. The summed E-state index contributed by atoms with van der Waals surface area (Å²) in [5.41, 5.74) is 1.91. The van der Waals surface area contributed by atoms with E-state index < -0.39 is 12.6 Å². The number of hydrogen-bond donors (Lipinski definition) is 3. The van der Waals surface area contributed by atoms with E-state index in [1.54, 1.807) is 24.3 Å². The van der Waals surface area contributed by atoms with Crippen LogP contribution in [-0.2, 0) is 16.8 Å². The van der Waals surface area contributed by atoms with Crippen LogP contribution in [0.15, 0.2) is 30.3 Å². The monoisotopic (exact) mass is 331 g/mol. The first-order valence-electron chi connectivity index (χ1n) is 7.53. The molecule has 3 N–H and O–H groups in total. The van der Waals surface area contributed by atoms with Crippen molar-refractivity contribution in [2.45, 2.75) is 32.7 Å². The van der Waals surface area contributed by atoms with E-state index >= 15 is 0 Å². The van der Waals surface area contributed by atoms with Gasteiger partial charge in [-0.25, -0.2) is 4.79 Å². The lowest BCUT2D eigenvalue weighted by molar-refractivity contribution is -0.139. The maximum Gasteiger partial charge on any atom is 0.341 e. The highest BCUT2D eigenvalue weighted by Crippen LogP contribution is 2.20. The molecule has 0 radical (unpaired) electrons. The summed E-state index contributed by atoms with van der Waals surface area (Å²) >= 11 is 0. The molecule has 2 rings (SSSR count). The van der Waals surface area contributed by atoms with Crippen molar-refractivity contribution >= 4 is 11.9 Å². The highest BCUT2D eigenvalue weighted by atomic mass is 16.5. The molecule has 0 aliphatic carbocycles. The molecule has 0 spiro atoms. The molecular formula is C17H21N3O4. The third kappa shape index (κ3) is 4.84.